The van der Waals surface area contributed by atoms with E-state index in [1.807, 2.05) is 5.57 Å². The molecular weight excluding hydrogens is 144 g/mol. The second kappa shape index (κ2) is 2.16. The number of allylic oxidation sites excluding steroid dienone is 2. The molecule has 3 rings (SSSR count). The van der Waals surface area contributed by atoms with Gasteiger partial charge in [0.1, 0.15) is 0 Å². The van der Waals surface area contributed by atoms with Crippen molar-refractivity contribution in [3.63, 3.8) is 0 Å². The highest BCUT2D eigenvalue weighted by Crippen LogP contribution is 2.58. The van der Waals surface area contributed by atoms with E-state index in [-0.39, 0.29) is 0 Å². The van der Waals surface area contributed by atoms with Crippen LogP contribution in [0.1, 0.15) is 33.1 Å². The molecule has 0 nitrogen and oxygen atoms in total. The Labute approximate surface area is 75.0 Å². The highest BCUT2D eigenvalue weighted by molar-refractivity contribution is 5.25. The fraction of sp³-hybridized carbons (Fsp3) is 0.833. The van der Waals surface area contributed by atoms with Crippen molar-refractivity contribution < 1.29 is 0 Å². The molecule has 0 amide bonds. The van der Waals surface area contributed by atoms with E-state index >= 15 is 0 Å². The molecular formula is C12H18. The summed E-state index contributed by atoms with van der Waals surface area (Å²) in [6, 6.07) is 0. The normalized spacial score (nSPS) is 55.8. The zero-order valence-electron chi connectivity index (χ0n) is 8.09. The van der Waals surface area contributed by atoms with Crippen LogP contribution in [-0.4, -0.2) is 0 Å². The Morgan fingerprint density at radius 1 is 1.17 bits per heavy atom. The second-order valence-corrected chi connectivity index (χ2v) is 5.26. The lowest BCUT2D eigenvalue weighted by atomic mass is 9.69. The van der Waals surface area contributed by atoms with Crippen LogP contribution in [0, 0.1) is 29.6 Å². The van der Waals surface area contributed by atoms with Gasteiger partial charge in [-0.3, -0.25) is 0 Å². The monoisotopic (exact) mass is 162 g/mol. The van der Waals surface area contributed by atoms with Gasteiger partial charge in [-0.1, -0.05) is 25.5 Å². The summed E-state index contributed by atoms with van der Waals surface area (Å²) in [5.41, 5.74) is 1.82. The molecule has 3 aliphatic rings. The summed E-state index contributed by atoms with van der Waals surface area (Å²) in [5.74, 6) is 5.02. The van der Waals surface area contributed by atoms with E-state index in [0.717, 1.165) is 29.6 Å². The van der Waals surface area contributed by atoms with Crippen LogP contribution in [-0.2, 0) is 0 Å². The number of fused-ring (bicyclic) bond motifs is 1. The molecule has 2 bridgehead atoms. The number of hydrogen-bond acceptors (Lipinski definition) is 0. The topological polar surface area (TPSA) is 0 Å². The van der Waals surface area contributed by atoms with Gasteiger partial charge in [-0.2, -0.15) is 0 Å². The molecule has 0 aromatic heterocycles. The molecule has 0 saturated heterocycles. The van der Waals surface area contributed by atoms with Gasteiger partial charge in [0, 0.05) is 0 Å². The standard InChI is InChI=1S/C12H18/c1-7-3-10-5-11-4-9(8(7)2)6-12(10)11/h3,7-9,11-12H,4-6H2,1-2H3. The Morgan fingerprint density at radius 2 is 2.00 bits per heavy atom. The molecule has 0 radical (unpaired) electrons. The summed E-state index contributed by atoms with van der Waals surface area (Å²) >= 11 is 0. The van der Waals surface area contributed by atoms with Gasteiger partial charge in [0.2, 0.25) is 0 Å². The lowest BCUT2D eigenvalue weighted by molar-refractivity contribution is 0.277. The Hall–Kier alpha value is -0.260. The molecule has 0 heterocycles. The van der Waals surface area contributed by atoms with Crippen LogP contribution in [0.2, 0.25) is 0 Å². The summed E-state index contributed by atoms with van der Waals surface area (Å²) in [6.07, 6.45) is 7.12. The van der Waals surface area contributed by atoms with Crippen molar-refractivity contribution in [2.75, 3.05) is 0 Å². The molecule has 0 heteroatoms. The molecule has 12 heavy (non-hydrogen) atoms. The summed E-state index contributed by atoms with van der Waals surface area (Å²) < 4.78 is 0. The Kier molecular flexibility index (Phi) is 1.29. The highest BCUT2D eigenvalue weighted by atomic mass is 14.5. The molecule has 0 aromatic carbocycles. The first-order chi connectivity index (χ1) is 5.75. The van der Waals surface area contributed by atoms with Gasteiger partial charge in [-0.15, -0.1) is 0 Å². The average Bonchev–Trinajstić information content (AvgIpc) is 2.32. The van der Waals surface area contributed by atoms with Gasteiger partial charge in [0.15, 0.2) is 0 Å². The quantitative estimate of drug-likeness (QED) is 0.480. The van der Waals surface area contributed by atoms with Gasteiger partial charge >= 0.3 is 0 Å². The molecule has 2 saturated carbocycles. The molecule has 2 fully saturated rings. The van der Waals surface area contributed by atoms with Crippen molar-refractivity contribution >= 4 is 0 Å². The van der Waals surface area contributed by atoms with Crippen LogP contribution >= 0.6 is 0 Å². The molecule has 0 aliphatic heterocycles. The number of rotatable bonds is 0. The van der Waals surface area contributed by atoms with Crippen molar-refractivity contribution in [2.45, 2.75) is 33.1 Å². The van der Waals surface area contributed by atoms with Gasteiger partial charge in [-0.05, 0) is 48.9 Å². The van der Waals surface area contributed by atoms with Crippen LogP contribution in [0.4, 0.5) is 0 Å². The Balaban J connectivity index is 1.99. The number of hydrogen-bond donors (Lipinski definition) is 0. The molecule has 5 atom stereocenters. The molecule has 3 aliphatic carbocycles. The molecule has 0 N–H and O–H groups in total. The maximum Gasteiger partial charge on any atom is -0.0169 e. The maximum absolute atomic E-state index is 2.59. The zero-order valence-corrected chi connectivity index (χ0v) is 8.09. The smallest absolute Gasteiger partial charge is 0.0169 e. The lowest BCUT2D eigenvalue weighted by Gasteiger charge is -2.36. The van der Waals surface area contributed by atoms with Gasteiger partial charge in [0.25, 0.3) is 0 Å². The fourth-order valence-corrected chi connectivity index (χ4v) is 3.68. The van der Waals surface area contributed by atoms with Crippen molar-refractivity contribution in [1.29, 1.82) is 0 Å². The lowest BCUT2D eigenvalue weighted by Crippen LogP contribution is -2.25. The third-order valence-electron chi connectivity index (χ3n) is 4.76. The van der Waals surface area contributed by atoms with E-state index in [9.17, 15) is 0 Å². The first-order valence-corrected chi connectivity index (χ1v) is 5.46. The molecule has 0 aromatic rings. The molecule has 5 unspecified atom stereocenters. The first kappa shape index (κ1) is 7.17. The minimum absolute atomic E-state index is 0.858. The third kappa shape index (κ3) is 0.739. The van der Waals surface area contributed by atoms with Crippen LogP contribution in [0.3, 0.4) is 0 Å². The van der Waals surface area contributed by atoms with Crippen LogP contribution in [0.25, 0.3) is 0 Å². The van der Waals surface area contributed by atoms with E-state index in [2.05, 4.69) is 19.9 Å². The zero-order chi connectivity index (χ0) is 8.29. The van der Waals surface area contributed by atoms with Crippen LogP contribution in [0.15, 0.2) is 11.6 Å². The second-order valence-electron chi connectivity index (χ2n) is 5.26. The first-order valence-electron chi connectivity index (χ1n) is 5.46. The third-order valence-corrected chi connectivity index (χ3v) is 4.76. The predicted molar refractivity (Wildman–Crippen MR) is 50.7 cm³/mol. The summed E-state index contributed by atoms with van der Waals surface area (Å²) in [4.78, 5) is 0. The summed E-state index contributed by atoms with van der Waals surface area (Å²) in [5, 5.41) is 0. The van der Waals surface area contributed by atoms with E-state index in [0.29, 0.717) is 0 Å². The SMILES string of the molecule is CC1C=C2CC3CC(CC23)C1C. The molecule has 0 spiro atoms. The van der Waals surface area contributed by atoms with Crippen LogP contribution in [0.5, 0.6) is 0 Å². The minimum atomic E-state index is 0.858. The largest absolute Gasteiger partial charge is 0.0819 e. The van der Waals surface area contributed by atoms with Gasteiger partial charge < -0.3 is 0 Å². The van der Waals surface area contributed by atoms with E-state index in [1.165, 1.54) is 12.8 Å². The van der Waals surface area contributed by atoms with Crippen molar-refractivity contribution in [2.24, 2.45) is 29.6 Å². The highest BCUT2D eigenvalue weighted by Gasteiger charge is 2.47. The predicted octanol–water partition coefficient (Wildman–Crippen LogP) is 3.24. The van der Waals surface area contributed by atoms with Crippen molar-refractivity contribution in [3.05, 3.63) is 11.6 Å². The minimum Gasteiger partial charge on any atom is -0.0819 e. The maximum atomic E-state index is 2.59. The van der Waals surface area contributed by atoms with Crippen molar-refractivity contribution in [3.8, 4) is 0 Å². The van der Waals surface area contributed by atoms with Gasteiger partial charge in [0.05, 0.1) is 0 Å². The van der Waals surface area contributed by atoms with Gasteiger partial charge in [-0.25, -0.2) is 0 Å². The van der Waals surface area contributed by atoms with E-state index < -0.39 is 0 Å². The molecule has 66 valence electrons. The Bertz CT molecular complexity index is 238. The summed E-state index contributed by atoms with van der Waals surface area (Å²) in [7, 11) is 0. The Morgan fingerprint density at radius 3 is 2.83 bits per heavy atom. The summed E-state index contributed by atoms with van der Waals surface area (Å²) in [6.45, 7) is 4.87. The van der Waals surface area contributed by atoms with Crippen molar-refractivity contribution in [1.82, 2.24) is 0 Å². The van der Waals surface area contributed by atoms with E-state index in [1.54, 1.807) is 6.42 Å². The fourth-order valence-electron chi connectivity index (χ4n) is 3.68. The average molecular weight is 162 g/mol. The van der Waals surface area contributed by atoms with E-state index in [4.69, 9.17) is 0 Å². The van der Waals surface area contributed by atoms with Crippen LogP contribution < -0.4 is 0 Å².